The van der Waals surface area contributed by atoms with Gasteiger partial charge in [0, 0.05) is 4.90 Å². The fourth-order valence-corrected chi connectivity index (χ4v) is 1.36. The van der Waals surface area contributed by atoms with Gasteiger partial charge in [0.2, 0.25) is 0 Å². The van der Waals surface area contributed by atoms with E-state index >= 15 is 0 Å². The Morgan fingerprint density at radius 2 is 1.60 bits per heavy atom. The average Bonchev–Trinajstić information content (AvgIpc) is 2.25. The van der Waals surface area contributed by atoms with Crippen LogP contribution in [0.1, 0.15) is 0 Å². The Balaban J connectivity index is 2.22. The summed E-state index contributed by atoms with van der Waals surface area (Å²) in [7, 11) is 0. The molecule has 15 heavy (non-hydrogen) atoms. The van der Waals surface area contributed by atoms with Crippen LogP contribution in [-0.2, 0) is 0 Å². The fourth-order valence-electron chi connectivity index (χ4n) is 1.21. The molecule has 0 radical (unpaired) electrons. The number of para-hydroxylation sites is 2. The molecule has 0 bridgehead atoms. The van der Waals surface area contributed by atoms with Crippen LogP contribution in [-0.4, -0.2) is 0 Å². The van der Waals surface area contributed by atoms with E-state index in [9.17, 15) is 0 Å². The summed E-state index contributed by atoms with van der Waals surface area (Å²) >= 11 is 4.20. The molecule has 2 rings (SSSR count). The second kappa shape index (κ2) is 4.28. The van der Waals surface area contributed by atoms with Crippen molar-refractivity contribution in [2.45, 2.75) is 4.90 Å². The molecule has 76 valence electrons. The van der Waals surface area contributed by atoms with E-state index in [0.29, 0.717) is 11.4 Å². The molecule has 2 aromatic carbocycles. The van der Waals surface area contributed by atoms with Crippen LogP contribution in [0, 0.1) is 0 Å². The maximum atomic E-state index is 5.76. The van der Waals surface area contributed by atoms with E-state index in [4.69, 9.17) is 10.5 Å². The summed E-state index contributed by atoms with van der Waals surface area (Å²) in [5.74, 6) is 1.43. The second-order valence-electron chi connectivity index (χ2n) is 3.13. The molecule has 2 nitrogen and oxygen atoms in total. The van der Waals surface area contributed by atoms with Gasteiger partial charge in [0.05, 0.1) is 5.69 Å². The van der Waals surface area contributed by atoms with Crippen molar-refractivity contribution in [2.24, 2.45) is 0 Å². The first-order chi connectivity index (χ1) is 7.25. The largest absolute Gasteiger partial charge is 0.455 e. The van der Waals surface area contributed by atoms with Crippen LogP contribution in [0.3, 0.4) is 0 Å². The minimum Gasteiger partial charge on any atom is -0.455 e. The van der Waals surface area contributed by atoms with E-state index in [1.807, 2.05) is 48.5 Å². The van der Waals surface area contributed by atoms with Crippen molar-refractivity contribution in [3.8, 4) is 11.5 Å². The Kier molecular flexibility index (Phi) is 2.83. The van der Waals surface area contributed by atoms with Gasteiger partial charge in [-0.3, -0.25) is 0 Å². The molecule has 0 amide bonds. The summed E-state index contributed by atoms with van der Waals surface area (Å²) in [5, 5.41) is 0. The zero-order valence-corrected chi connectivity index (χ0v) is 8.95. The van der Waals surface area contributed by atoms with Gasteiger partial charge in [-0.05, 0) is 36.4 Å². The van der Waals surface area contributed by atoms with Crippen molar-refractivity contribution < 1.29 is 4.74 Å². The molecule has 2 aromatic rings. The van der Waals surface area contributed by atoms with Crippen molar-refractivity contribution in [2.75, 3.05) is 5.73 Å². The lowest BCUT2D eigenvalue weighted by atomic mass is 10.3. The van der Waals surface area contributed by atoms with E-state index in [0.717, 1.165) is 10.6 Å². The van der Waals surface area contributed by atoms with Crippen molar-refractivity contribution >= 4 is 18.3 Å². The van der Waals surface area contributed by atoms with Gasteiger partial charge >= 0.3 is 0 Å². The minimum atomic E-state index is 0.632. The maximum Gasteiger partial charge on any atom is 0.150 e. The van der Waals surface area contributed by atoms with E-state index in [-0.39, 0.29) is 0 Å². The van der Waals surface area contributed by atoms with Gasteiger partial charge in [-0.2, -0.15) is 0 Å². The number of nitrogens with two attached hydrogens (primary N) is 1. The van der Waals surface area contributed by atoms with Crippen LogP contribution in [0.15, 0.2) is 53.4 Å². The van der Waals surface area contributed by atoms with Gasteiger partial charge in [-0.25, -0.2) is 0 Å². The molecule has 0 aromatic heterocycles. The highest BCUT2D eigenvalue weighted by Gasteiger charge is 1.99. The molecule has 0 saturated carbocycles. The number of hydrogen-bond acceptors (Lipinski definition) is 3. The van der Waals surface area contributed by atoms with Gasteiger partial charge in [0.15, 0.2) is 0 Å². The van der Waals surface area contributed by atoms with Crippen molar-refractivity contribution in [1.29, 1.82) is 0 Å². The monoisotopic (exact) mass is 217 g/mol. The lowest BCUT2D eigenvalue weighted by Crippen LogP contribution is -1.90. The Morgan fingerprint density at radius 3 is 2.27 bits per heavy atom. The first-order valence-electron chi connectivity index (χ1n) is 4.57. The predicted octanol–water partition coefficient (Wildman–Crippen LogP) is 3.35. The standard InChI is InChI=1S/C12H11NOS/c13-11-3-1-2-4-12(11)14-9-5-7-10(15)8-6-9/h1-8,15H,13H2. The van der Waals surface area contributed by atoms with E-state index in [1.165, 1.54) is 0 Å². The highest BCUT2D eigenvalue weighted by molar-refractivity contribution is 7.80. The molecule has 0 aliphatic carbocycles. The van der Waals surface area contributed by atoms with Gasteiger partial charge in [-0.1, -0.05) is 12.1 Å². The number of anilines is 1. The van der Waals surface area contributed by atoms with Crippen molar-refractivity contribution in [1.82, 2.24) is 0 Å². The third-order valence-corrected chi connectivity index (χ3v) is 2.28. The molecule has 0 saturated heterocycles. The summed E-state index contributed by atoms with van der Waals surface area (Å²) in [6.45, 7) is 0. The smallest absolute Gasteiger partial charge is 0.150 e. The molecule has 0 spiro atoms. The van der Waals surface area contributed by atoms with Crippen LogP contribution >= 0.6 is 12.6 Å². The van der Waals surface area contributed by atoms with Gasteiger partial charge < -0.3 is 10.5 Å². The lowest BCUT2D eigenvalue weighted by molar-refractivity contribution is 0.484. The minimum absolute atomic E-state index is 0.632. The summed E-state index contributed by atoms with van der Waals surface area (Å²) < 4.78 is 5.61. The maximum absolute atomic E-state index is 5.76. The average molecular weight is 217 g/mol. The Morgan fingerprint density at radius 1 is 0.933 bits per heavy atom. The van der Waals surface area contributed by atoms with Crippen LogP contribution < -0.4 is 10.5 Å². The Labute approximate surface area is 94.1 Å². The lowest BCUT2D eigenvalue weighted by Gasteiger charge is -2.07. The molecule has 2 N–H and O–H groups in total. The Hall–Kier alpha value is -1.61. The first-order valence-corrected chi connectivity index (χ1v) is 5.02. The molecule has 3 heteroatoms. The SMILES string of the molecule is Nc1ccccc1Oc1ccc(S)cc1. The molecular weight excluding hydrogens is 206 g/mol. The number of ether oxygens (including phenoxy) is 1. The van der Waals surface area contributed by atoms with Gasteiger partial charge in [0.25, 0.3) is 0 Å². The fraction of sp³-hybridized carbons (Fsp3) is 0. The van der Waals surface area contributed by atoms with Crippen LogP contribution in [0.25, 0.3) is 0 Å². The number of benzene rings is 2. The summed E-state index contributed by atoms with van der Waals surface area (Å²) in [6.07, 6.45) is 0. The van der Waals surface area contributed by atoms with E-state index < -0.39 is 0 Å². The highest BCUT2D eigenvalue weighted by atomic mass is 32.1. The summed E-state index contributed by atoms with van der Waals surface area (Å²) in [6, 6.07) is 14.9. The second-order valence-corrected chi connectivity index (χ2v) is 3.65. The number of nitrogen functional groups attached to an aromatic ring is 1. The molecule has 0 heterocycles. The number of hydrogen-bond donors (Lipinski definition) is 2. The highest BCUT2D eigenvalue weighted by Crippen LogP contribution is 2.27. The summed E-state index contributed by atoms with van der Waals surface area (Å²) in [5.41, 5.74) is 6.39. The van der Waals surface area contributed by atoms with E-state index in [2.05, 4.69) is 12.6 Å². The van der Waals surface area contributed by atoms with Gasteiger partial charge in [0.1, 0.15) is 11.5 Å². The predicted molar refractivity (Wildman–Crippen MR) is 64.6 cm³/mol. The zero-order chi connectivity index (χ0) is 10.7. The van der Waals surface area contributed by atoms with Crippen molar-refractivity contribution in [3.05, 3.63) is 48.5 Å². The summed E-state index contributed by atoms with van der Waals surface area (Å²) in [4.78, 5) is 0.906. The molecule has 0 unspecified atom stereocenters. The quantitative estimate of drug-likeness (QED) is 0.597. The Bertz CT molecular complexity index is 453. The first kappa shape index (κ1) is 9.93. The van der Waals surface area contributed by atoms with Crippen LogP contribution in [0.2, 0.25) is 0 Å². The normalized spacial score (nSPS) is 9.93. The number of rotatable bonds is 2. The molecule has 0 fully saturated rings. The molecule has 0 aliphatic heterocycles. The van der Waals surface area contributed by atoms with E-state index in [1.54, 1.807) is 0 Å². The third-order valence-electron chi connectivity index (χ3n) is 1.98. The van der Waals surface area contributed by atoms with Gasteiger partial charge in [-0.15, -0.1) is 12.6 Å². The third kappa shape index (κ3) is 2.44. The van der Waals surface area contributed by atoms with Crippen molar-refractivity contribution in [3.63, 3.8) is 0 Å². The molecule has 0 aliphatic rings. The molecular formula is C12H11NOS. The topological polar surface area (TPSA) is 35.2 Å². The molecule has 0 atom stereocenters. The zero-order valence-electron chi connectivity index (χ0n) is 8.05. The van der Waals surface area contributed by atoms with Crippen LogP contribution in [0.4, 0.5) is 5.69 Å². The number of thiol groups is 1. The van der Waals surface area contributed by atoms with Crippen LogP contribution in [0.5, 0.6) is 11.5 Å².